The lowest BCUT2D eigenvalue weighted by Crippen LogP contribution is -2.47. The van der Waals surface area contributed by atoms with Gasteiger partial charge in [0.2, 0.25) is 17.8 Å². The van der Waals surface area contributed by atoms with Gasteiger partial charge in [0, 0.05) is 93.8 Å². The van der Waals surface area contributed by atoms with Gasteiger partial charge in [0.05, 0.1) is 39.7 Å². The standard InChI is InChI=1S/C46H57BrN11O4P/c1-5-29-26-38(54-46-52-28-35(47)44(56-46)53-37-11-10-36-42(51-20-19-50-36)43(37)63(3,4)61)40(62-2)27-39(29)58-23-15-32(16-24-58)49-18-17-48-31-13-21-57(22-14-31)33-8-6-7-30(25-33)34-9-12-41(59)55-45(34)60/h6-8,10-11,19-20,25-28,31-32,34,48-49H,5,9,12-18,21-24H2,1-4H3,(H,55,59,60)(H2,52,53,54,56). The molecule has 0 aliphatic carbocycles. The van der Waals surface area contributed by atoms with Crippen molar-refractivity contribution in [1.82, 2.24) is 35.9 Å². The SMILES string of the molecule is CCc1cc(Nc2ncc(Br)c(Nc3ccc4nccnc4c3P(C)(C)=O)n2)c(OC)cc1N1CCC(NCCNC2CCN(c3cccc(C4CCC(=O)NC4=O)c3)CC2)CC1. The number of rotatable bonds is 15. The number of aromatic nitrogens is 4. The van der Waals surface area contributed by atoms with Gasteiger partial charge in [-0.15, -0.1) is 0 Å². The van der Waals surface area contributed by atoms with Crippen molar-refractivity contribution in [2.75, 3.05) is 80.1 Å². The van der Waals surface area contributed by atoms with E-state index in [0.717, 1.165) is 88.3 Å². The van der Waals surface area contributed by atoms with Crippen molar-refractivity contribution < 1.29 is 18.9 Å². The maximum atomic E-state index is 13.5. The number of carbonyl (C=O) groups excluding carboxylic acids is 2. The fourth-order valence-electron chi connectivity index (χ4n) is 9.06. The van der Waals surface area contributed by atoms with E-state index >= 15 is 0 Å². The number of hydrogen-bond donors (Lipinski definition) is 5. The molecule has 63 heavy (non-hydrogen) atoms. The molecule has 15 nitrogen and oxygen atoms in total. The van der Waals surface area contributed by atoms with E-state index in [-0.39, 0.29) is 17.7 Å². The van der Waals surface area contributed by atoms with Gasteiger partial charge < -0.3 is 40.4 Å². The largest absolute Gasteiger partial charge is 0.494 e. The highest BCUT2D eigenvalue weighted by atomic mass is 79.9. The Balaban J connectivity index is 0.821. The Hall–Kier alpha value is -5.15. The fourth-order valence-corrected chi connectivity index (χ4v) is 10.7. The molecule has 0 spiro atoms. The van der Waals surface area contributed by atoms with E-state index in [2.05, 4.69) is 98.5 Å². The van der Waals surface area contributed by atoms with Gasteiger partial charge in [-0.3, -0.25) is 24.9 Å². The van der Waals surface area contributed by atoms with Crippen molar-refractivity contribution in [2.45, 2.75) is 69.9 Å². The van der Waals surface area contributed by atoms with E-state index in [1.54, 1.807) is 39.0 Å². The average Bonchev–Trinajstić information content (AvgIpc) is 3.28. The van der Waals surface area contributed by atoms with Crippen LogP contribution in [0.15, 0.2) is 71.6 Å². The van der Waals surface area contributed by atoms with Crippen LogP contribution in [0.1, 0.15) is 62.5 Å². The van der Waals surface area contributed by atoms with Gasteiger partial charge in [-0.25, -0.2) is 4.98 Å². The first-order valence-corrected chi connectivity index (χ1v) is 25.3. The Morgan fingerprint density at radius 3 is 2.25 bits per heavy atom. The summed E-state index contributed by atoms with van der Waals surface area (Å²) < 4.78 is 20.1. The minimum absolute atomic E-state index is 0.181. The number of anilines is 6. The van der Waals surface area contributed by atoms with Crippen molar-refractivity contribution in [1.29, 1.82) is 0 Å². The molecule has 1 unspecified atom stereocenters. The maximum Gasteiger partial charge on any atom is 0.234 e. The minimum Gasteiger partial charge on any atom is -0.494 e. The third-order valence-corrected chi connectivity index (χ3v) is 14.5. The molecule has 1 atom stereocenters. The summed E-state index contributed by atoms with van der Waals surface area (Å²) in [5.41, 5.74) is 7.23. The third kappa shape index (κ3) is 10.5. The Kier molecular flexibility index (Phi) is 13.9. The summed E-state index contributed by atoms with van der Waals surface area (Å²) in [4.78, 5) is 47.2. The zero-order valence-electron chi connectivity index (χ0n) is 36.4. The van der Waals surface area contributed by atoms with Crippen molar-refractivity contribution in [3.63, 3.8) is 0 Å². The Labute approximate surface area is 377 Å². The molecule has 5 N–H and O–H groups in total. The van der Waals surface area contributed by atoms with Crippen LogP contribution in [0, 0.1) is 0 Å². The lowest BCUT2D eigenvalue weighted by molar-refractivity contribution is -0.134. The van der Waals surface area contributed by atoms with Gasteiger partial charge >= 0.3 is 0 Å². The van der Waals surface area contributed by atoms with Crippen LogP contribution >= 0.6 is 23.1 Å². The predicted molar refractivity (Wildman–Crippen MR) is 255 cm³/mol. The number of benzene rings is 3. The molecule has 3 aromatic carbocycles. The number of methoxy groups -OCH3 is 1. The first-order valence-electron chi connectivity index (χ1n) is 21.9. The molecule has 0 bridgehead atoms. The molecule has 3 aliphatic rings. The third-order valence-electron chi connectivity index (χ3n) is 12.4. The minimum atomic E-state index is -2.77. The summed E-state index contributed by atoms with van der Waals surface area (Å²) in [6, 6.07) is 17.2. The number of imide groups is 1. The van der Waals surface area contributed by atoms with Crippen LogP contribution in [0.4, 0.5) is 34.5 Å². The molecule has 8 rings (SSSR count). The zero-order valence-corrected chi connectivity index (χ0v) is 38.9. The van der Waals surface area contributed by atoms with Gasteiger partial charge in [0.15, 0.2) is 0 Å². The maximum absolute atomic E-state index is 13.5. The van der Waals surface area contributed by atoms with Crippen LogP contribution in [0.5, 0.6) is 5.75 Å². The van der Waals surface area contributed by atoms with Crippen LogP contribution in [0.2, 0.25) is 0 Å². The molecule has 0 radical (unpaired) electrons. The van der Waals surface area contributed by atoms with Crippen molar-refractivity contribution in [3.05, 3.63) is 82.7 Å². The van der Waals surface area contributed by atoms with Gasteiger partial charge in [-0.05, 0) is 109 Å². The Bertz CT molecular complexity index is 2500. The van der Waals surface area contributed by atoms with Gasteiger partial charge in [0.25, 0.3) is 0 Å². The molecule has 5 heterocycles. The molecule has 0 saturated carbocycles. The summed E-state index contributed by atoms with van der Waals surface area (Å²) in [5, 5.41) is 17.5. The second kappa shape index (κ2) is 19.7. The topological polar surface area (TPSA) is 179 Å². The molecule has 3 saturated heterocycles. The second-order valence-electron chi connectivity index (χ2n) is 16.9. The number of nitrogens with one attached hydrogen (secondary N) is 5. The number of carbonyl (C=O) groups is 2. The number of amides is 2. The molecule has 2 aromatic heterocycles. The number of halogens is 1. The summed E-state index contributed by atoms with van der Waals surface area (Å²) in [6.07, 6.45) is 11.0. The smallest absolute Gasteiger partial charge is 0.234 e. The van der Waals surface area contributed by atoms with E-state index in [4.69, 9.17) is 9.72 Å². The van der Waals surface area contributed by atoms with Crippen molar-refractivity contribution in [3.8, 4) is 5.75 Å². The van der Waals surface area contributed by atoms with E-state index < -0.39 is 7.14 Å². The normalized spacial score (nSPS) is 17.8. The Morgan fingerprint density at radius 2 is 1.57 bits per heavy atom. The van der Waals surface area contributed by atoms with Gasteiger partial charge in [0.1, 0.15) is 24.2 Å². The van der Waals surface area contributed by atoms with Crippen LogP contribution in [-0.2, 0) is 20.6 Å². The Morgan fingerprint density at radius 1 is 0.857 bits per heavy atom. The zero-order chi connectivity index (χ0) is 44.1. The highest BCUT2D eigenvalue weighted by Gasteiger charge is 2.29. The molecule has 17 heteroatoms. The monoisotopic (exact) mass is 937 g/mol. The van der Waals surface area contributed by atoms with E-state index in [0.29, 0.717) is 68.9 Å². The molecular formula is C46H57BrN11O4P. The predicted octanol–water partition coefficient (Wildman–Crippen LogP) is 6.83. The highest BCUT2D eigenvalue weighted by molar-refractivity contribution is 9.10. The lowest BCUT2D eigenvalue weighted by Gasteiger charge is -2.36. The van der Waals surface area contributed by atoms with E-state index in [1.165, 1.54) is 11.3 Å². The lowest BCUT2D eigenvalue weighted by atomic mass is 9.90. The summed E-state index contributed by atoms with van der Waals surface area (Å²) in [7, 11) is -1.09. The van der Waals surface area contributed by atoms with Crippen molar-refractivity contribution in [2.24, 2.45) is 0 Å². The fraction of sp³-hybridized carbons (Fsp3) is 0.435. The number of fused-ring (bicyclic) bond motifs is 1. The highest BCUT2D eigenvalue weighted by Crippen LogP contribution is 2.42. The summed E-state index contributed by atoms with van der Waals surface area (Å²) >= 11 is 3.60. The van der Waals surface area contributed by atoms with Crippen LogP contribution in [0.3, 0.4) is 0 Å². The van der Waals surface area contributed by atoms with Gasteiger partial charge in [-0.1, -0.05) is 19.1 Å². The second-order valence-corrected chi connectivity index (χ2v) is 20.9. The average molecular weight is 939 g/mol. The number of aryl methyl sites for hydroxylation is 1. The number of ether oxygens (including phenoxy) is 1. The number of nitrogens with zero attached hydrogens (tertiary/aromatic N) is 6. The number of piperidine rings is 3. The molecule has 332 valence electrons. The molecule has 3 aliphatic heterocycles. The molecular weight excluding hydrogens is 881 g/mol. The number of hydrogen-bond acceptors (Lipinski definition) is 14. The van der Waals surface area contributed by atoms with E-state index in [9.17, 15) is 14.2 Å². The van der Waals surface area contributed by atoms with Crippen LogP contribution in [0.25, 0.3) is 11.0 Å². The van der Waals surface area contributed by atoms with E-state index in [1.807, 2.05) is 24.3 Å². The molecule has 3 fully saturated rings. The summed E-state index contributed by atoms with van der Waals surface area (Å²) in [5.74, 6) is 0.969. The summed E-state index contributed by atoms with van der Waals surface area (Å²) in [6.45, 7) is 11.3. The van der Waals surface area contributed by atoms with Gasteiger partial charge in [-0.2, -0.15) is 4.98 Å². The molecule has 5 aromatic rings. The van der Waals surface area contributed by atoms with Crippen LogP contribution in [-0.4, -0.2) is 104 Å². The quantitative estimate of drug-likeness (QED) is 0.0419. The first-order chi connectivity index (χ1) is 30.5. The van der Waals surface area contributed by atoms with Crippen LogP contribution < -0.4 is 46.4 Å². The first kappa shape index (κ1) is 44.5. The molecule has 2 amide bonds. The van der Waals surface area contributed by atoms with Crippen molar-refractivity contribution >= 4 is 85.7 Å².